The second-order valence-corrected chi connectivity index (χ2v) is 12.1. The van der Waals surface area contributed by atoms with Crippen molar-refractivity contribution in [2.24, 2.45) is 0 Å². The average Bonchev–Trinajstić information content (AvgIpc) is 3.48. The molecule has 1 aliphatic heterocycles. The number of nitrogens with one attached hydrogen (secondary N) is 1. The zero-order valence-corrected chi connectivity index (χ0v) is 28.2. The van der Waals surface area contributed by atoms with Gasteiger partial charge in [-0.3, -0.25) is 9.36 Å². The maximum atomic E-state index is 13.6. The molecule has 1 fully saturated rings. The molecule has 1 aromatic heterocycles. The first-order chi connectivity index (χ1) is 24.3. The summed E-state index contributed by atoms with van der Waals surface area (Å²) in [5.74, 6) is -2.70. The topological polar surface area (TPSA) is 152 Å². The van der Waals surface area contributed by atoms with E-state index in [0.29, 0.717) is 9.13 Å². The Morgan fingerprint density at radius 1 is 0.680 bits per heavy atom. The van der Waals surface area contributed by atoms with E-state index in [2.05, 4.69) is 10.3 Å². The number of nitrogens with zero attached hydrogens (tertiary/aromatic N) is 2. The summed E-state index contributed by atoms with van der Waals surface area (Å²) in [6.07, 6.45) is -4.00. The van der Waals surface area contributed by atoms with Crippen LogP contribution in [0.5, 0.6) is 0 Å². The third-order valence-electron chi connectivity index (χ3n) is 7.63. The van der Waals surface area contributed by atoms with Gasteiger partial charge in [-0.2, -0.15) is 4.98 Å². The Bertz CT molecular complexity index is 2050. The largest absolute Gasteiger partial charge is 0.459 e. The van der Waals surface area contributed by atoms with Crippen LogP contribution in [0, 0.1) is 3.57 Å². The van der Waals surface area contributed by atoms with Crippen molar-refractivity contribution in [2.45, 2.75) is 24.5 Å². The van der Waals surface area contributed by atoms with E-state index in [1.54, 1.807) is 109 Å². The third-order valence-corrected chi connectivity index (χ3v) is 8.42. The molecule has 4 aromatic carbocycles. The molecular weight excluding hydrogens is 757 g/mol. The minimum absolute atomic E-state index is 0.00285. The van der Waals surface area contributed by atoms with Gasteiger partial charge in [0.05, 0.1) is 20.3 Å². The van der Waals surface area contributed by atoms with Crippen LogP contribution in [0.4, 0.5) is 5.82 Å². The summed E-state index contributed by atoms with van der Waals surface area (Å²) in [5, 5.41) is 2.64. The van der Waals surface area contributed by atoms with Gasteiger partial charge in [-0.1, -0.05) is 72.8 Å². The van der Waals surface area contributed by atoms with Crippen molar-refractivity contribution in [3.63, 3.8) is 0 Å². The number of carbonyl (C=O) groups excluding carboxylic acids is 4. The summed E-state index contributed by atoms with van der Waals surface area (Å²) >= 11 is 1.90. The molecule has 1 amide bonds. The van der Waals surface area contributed by atoms with Crippen LogP contribution < -0.4 is 11.0 Å². The van der Waals surface area contributed by atoms with Gasteiger partial charge in [0.2, 0.25) is 0 Å². The average molecular weight is 786 g/mol. The van der Waals surface area contributed by atoms with Crippen molar-refractivity contribution in [1.29, 1.82) is 0 Å². The number of ether oxygens (including phenoxy) is 4. The number of rotatable bonds is 10. The van der Waals surface area contributed by atoms with Gasteiger partial charge < -0.3 is 24.3 Å². The molecule has 1 aliphatic rings. The van der Waals surface area contributed by atoms with Crippen LogP contribution in [0.3, 0.4) is 0 Å². The smallest absolute Gasteiger partial charge is 0.351 e. The van der Waals surface area contributed by atoms with E-state index in [1.807, 2.05) is 22.6 Å². The number of hydrogen-bond donors (Lipinski definition) is 1. The SMILES string of the molecule is O=C(Nc1nc(=O)n([C@@H]2O[C@H](COC(=O)c3ccccc3)[C@@H](OC(=O)c3ccccc3)[C@H]2OC(=O)c2ccccc2)cc1I)c1ccccc1. The van der Waals surface area contributed by atoms with E-state index < -0.39 is 60.7 Å². The van der Waals surface area contributed by atoms with Crippen LogP contribution in [-0.4, -0.2) is 58.3 Å². The number of carbonyl (C=O) groups is 4. The molecule has 0 aliphatic carbocycles. The zero-order valence-electron chi connectivity index (χ0n) is 26.1. The molecule has 6 rings (SSSR count). The lowest BCUT2D eigenvalue weighted by Crippen LogP contribution is -2.42. The highest BCUT2D eigenvalue weighted by atomic mass is 127. The Hall–Kier alpha value is -5.67. The fraction of sp³-hybridized carbons (Fsp3) is 0.135. The van der Waals surface area contributed by atoms with Gasteiger partial charge in [-0.25, -0.2) is 19.2 Å². The number of halogens is 1. The fourth-order valence-electron chi connectivity index (χ4n) is 5.17. The van der Waals surface area contributed by atoms with Crippen LogP contribution in [0.2, 0.25) is 0 Å². The Labute approximate surface area is 299 Å². The molecular formula is C37H28IN3O9. The summed E-state index contributed by atoms with van der Waals surface area (Å²) < 4.78 is 25.1. The van der Waals surface area contributed by atoms with E-state index >= 15 is 0 Å². The van der Waals surface area contributed by atoms with E-state index in [1.165, 1.54) is 18.3 Å². The van der Waals surface area contributed by atoms with Crippen molar-refractivity contribution in [1.82, 2.24) is 9.55 Å². The Morgan fingerprint density at radius 3 is 1.66 bits per heavy atom. The first kappa shape index (κ1) is 34.2. The molecule has 1 N–H and O–H groups in total. The number of hydrogen-bond acceptors (Lipinski definition) is 10. The van der Waals surface area contributed by atoms with Crippen molar-refractivity contribution in [3.8, 4) is 0 Å². The minimum atomic E-state index is -1.42. The van der Waals surface area contributed by atoms with Crippen molar-refractivity contribution in [3.05, 3.63) is 164 Å². The van der Waals surface area contributed by atoms with Crippen molar-refractivity contribution >= 4 is 52.2 Å². The first-order valence-electron chi connectivity index (χ1n) is 15.3. The molecule has 0 radical (unpaired) electrons. The molecule has 0 unspecified atom stereocenters. The first-order valence-corrected chi connectivity index (χ1v) is 16.4. The fourth-order valence-corrected chi connectivity index (χ4v) is 5.72. The van der Waals surface area contributed by atoms with Crippen LogP contribution in [0.15, 0.2) is 132 Å². The normalized spacial score (nSPS) is 18.1. The molecule has 5 aromatic rings. The lowest BCUT2D eigenvalue weighted by atomic mass is 10.1. The van der Waals surface area contributed by atoms with E-state index in [0.717, 1.165) is 4.57 Å². The maximum absolute atomic E-state index is 13.6. The highest BCUT2D eigenvalue weighted by Crippen LogP contribution is 2.35. The molecule has 1 saturated heterocycles. The van der Waals surface area contributed by atoms with E-state index in [-0.39, 0.29) is 22.5 Å². The Morgan fingerprint density at radius 2 is 1.14 bits per heavy atom. The third kappa shape index (κ3) is 7.96. The van der Waals surface area contributed by atoms with E-state index in [9.17, 15) is 24.0 Å². The molecule has 0 bridgehead atoms. The van der Waals surface area contributed by atoms with Gasteiger partial charge in [0.15, 0.2) is 24.3 Å². The van der Waals surface area contributed by atoms with Crippen LogP contribution in [0.1, 0.15) is 47.7 Å². The zero-order chi connectivity index (χ0) is 35.0. The highest BCUT2D eigenvalue weighted by Gasteiger charge is 2.52. The van der Waals surface area contributed by atoms with Crippen molar-refractivity contribution in [2.75, 3.05) is 11.9 Å². The summed E-state index contributed by atoms with van der Waals surface area (Å²) in [6.45, 7) is -0.430. The van der Waals surface area contributed by atoms with Gasteiger partial charge >= 0.3 is 23.6 Å². The van der Waals surface area contributed by atoms with Crippen molar-refractivity contribution < 1.29 is 38.1 Å². The molecule has 50 heavy (non-hydrogen) atoms. The second kappa shape index (κ2) is 15.7. The Balaban J connectivity index is 1.35. The quantitative estimate of drug-likeness (QED) is 0.112. The molecule has 252 valence electrons. The lowest BCUT2D eigenvalue weighted by molar-refractivity contribution is -0.0640. The predicted octanol–water partition coefficient (Wildman–Crippen LogP) is 5.31. The summed E-state index contributed by atoms with van der Waals surface area (Å²) in [7, 11) is 0. The molecule has 4 atom stereocenters. The second-order valence-electron chi connectivity index (χ2n) is 10.9. The van der Waals surface area contributed by atoms with Gasteiger partial charge in [0, 0.05) is 11.8 Å². The molecule has 2 heterocycles. The van der Waals surface area contributed by atoms with Crippen LogP contribution >= 0.6 is 22.6 Å². The summed E-state index contributed by atoms with van der Waals surface area (Å²) in [5.41, 5.74) is 0.162. The van der Waals surface area contributed by atoms with E-state index in [4.69, 9.17) is 18.9 Å². The van der Waals surface area contributed by atoms with Gasteiger partial charge in [0.1, 0.15) is 12.7 Å². The summed E-state index contributed by atoms with van der Waals surface area (Å²) in [6, 6.07) is 32.9. The van der Waals surface area contributed by atoms with Crippen LogP contribution in [0.25, 0.3) is 0 Å². The number of esters is 3. The van der Waals surface area contributed by atoms with Gasteiger partial charge in [-0.15, -0.1) is 0 Å². The minimum Gasteiger partial charge on any atom is -0.459 e. The lowest BCUT2D eigenvalue weighted by Gasteiger charge is -2.25. The molecule has 12 nitrogen and oxygen atoms in total. The maximum Gasteiger partial charge on any atom is 0.351 e. The highest BCUT2D eigenvalue weighted by molar-refractivity contribution is 14.1. The van der Waals surface area contributed by atoms with Gasteiger partial charge in [0.25, 0.3) is 5.91 Å². The summed E-state index contributed by atoms with van der Waals surface area (Å²) in [4.78, 5) is 70.2. The molecule has 0 saturated carbocycles. The Kier molecular flexibility index (Phi) is 10.7. The van der Waals surface area contributed by atoms with Gasteiger partial charge in [-0.05, 0) is 71.1 Å². The standard InChI is InChI=1S/C37H28IN3O9/c38-27-21-41(37(46)40-31(27)39-32(42)23-13-5-1-6-14-23)33-30(50-36(45)26-19-11-4-12-20-26)29(49-35(44)25-17-9-3-10-18-25)28(48-33)22-47-34(43)24-15-7-2-8-16-24/h1-21,28-30,33H,22H2,(H,39,40,42,46)/t28-,29-,30-,33-/m1/s1. The monoisotopic (exact) mass is 785 g/mol. The molecule has 0 spiro atoms. The number of benzene rings is 4. The number of anilines is 1. The molecule has 13 heteroatoms. The van der Waals surface area contributed by atoms with Crippen LogP contribution in [-0.2, 0) is 18.9 Å². The number of aromatic nitrogens is 2. The number of amides is 1. The predicted molar refractivity (Wildman–Crippen MR) is 188 cm³/mol.